The van der Waals surface area contributed by atoms with Crippen LogP contribution in [0.1, 0.15) is 50.8 Å². The second-order valence-electron chi connectivity index (χ2n) is 6.35. The number of rotatable bonds is 0. The summed E-state index contributed by atoms with van der Waals surface area (Å²) < 4.78 is 0. The standard InChI is InChI=1S/C21H16O/c1-12-10-11-17(22)21-18(12)19-13-6-2-4-8-15(13)20(21)16-9-5-3-7-14(16)19/h2-11,19-20,22H,1H3. The van der Waals surface area contributed by atoms with Gasteiger partial charge in [0, 0.05) is 17.4 Å². The second-order valence-corrected chi connectivity index (χ2v) is 6.35. The summed E-state index contributed by atoms with van der Waals surface area (Å²) in [6.45, 7) is 2.16. The average molecular weight is 284 g/mol. The van der Waals surface area contributed by atoms with Gasteiger partial charge in [0.1, 0.15) is 5.75 Å². The molecule has 0 unspecified atom stereocenters. The van der Waals surface area contributed by atoms with Crippen LogP contribution in [0.2, 0.25) is 0 Å². The van der Waals surface area contributed by atoms with Crippen molar-refractivity contribution in [2.45, 2.75) is 18.8 Å². The normalized spacial score (nSPS) is 20.2. The summed E-state index contributed by atoms with van der Waals surface area (Å²) in [5.41, 5.74) is 9.18. The molecule has 106 valence electrons. The monoisotopic (exact) mass is 284 g/mol. The highest BCUT2D eigenvalue weighted by molar-refractivity contribution is 5.71. The van der Waals surface area contributed by atoms with E-state index in [1.807, 2.05) is 12.1 Å². The van der Waals surface area contributed by atoms with E-state index in [1.54, 1.807) is 0 Å². The SMILES string of the molecule is Cc1ccc(O)c2c1C1c3ccccc3C2c2ccccc21. The molecule has 0 aromatic heterocycles. The molecule has 0 spiro atoms. The molecular formula is C21H16O. The minimum Gasteiger partial charge on any atom is -0.508 e. The van der Waals surface area contributed by atoms with Crippen LogP contribution in [0.15, 0.2) is 60.7 Å². The number of aryl methyl sites for hydroxylation is 1. The number of phenols is 1. The zero-order chi connectivity index (χ0) is 14.8. The molecule has 0 heterocycles. The van der Waals surface area contributed by atoms with E-state index in [1.165, 1.54) is 33.4 Å². The third-order valence-electron chi connectivity index (χ3n) is 5.30. The minimum absolute atomic E-state index is 0.160. The van der Waals surface area contributed by atoms with Gasteiger partial charge in [-0.25, -0.2) is 0 Å². The molecule has 3 aromatic carbocycles. The van der Waals surface area contributed by atoms with Crippen LogP contribution in [0.4, 0.5) is 0 Å². The Hall–Kier alpha value is -2.54. The van der Waals surface area contributed by atoms with Crippen molar-refractivity contribution in [1.82, 2.24) is 0 Å². The quantitative estimate of drug-likeness (QED) is 0.437. The van der Waals surface area contributed by atoms with E-state index in [-0.39, 0.29) is 11.8 Å². The van der Waals surface area contributed by atoms with Gasteiger partial charge in [-0.05, 0) is 46.4 Å². The van der Waals surface area contributed by atoms with Gasteiger partial charge in [0.2, 0.25) is 0 Å². The van der Waals surface area contributed by atoms with Gasteiger partial charge in [0.05, 0.1) is 0 Å². The highest BCUT2D eigenvalue weighted by Crippen LogP contribution is 2.58. The van der Waals surface area contributed by atoms with Crippen molar-refractivity contribution >= 4 is 0 Å². The van der Waals surface area contributed by atoms with E-state index in [9.17, 15) is 5.11 Å². The molecule has 0 saturated carbocycles. The first-order chi connectivity index (χ1) is 10.8. The molecule has 0 radical (unpaired) electrons. The van der Waals surface area contributed by atoms with Crippen molar-refractivity contribution in [2.24, 2.45) is 0 Å². The van der Waals surface area contributed by atoms with E-state index in [2.05, 4.69) is 55.5 Å². The summed E-state index contributed by atoms with van der Waals surface area (Å²) in [6, 6.07) is 21.3. The zero-order valence-electron chi connectivity index (χ0n) is 12.4. The van der Waals surface area contributed by atoms with Crippen molar-refractivity contribution < 1.29 is 5.11 Å². The Morgan fingerprint density at radius 1 is 0.636 bits per heavy atom. The van der Waals surface area contributed by atoms with Crippen LogP contribution in [0.25, 0.3) is 0 Å². The van der Waals surface area contributed by atoms with Crippen LogP contribution in [-0.4, -0.2) is 5.11 Å². The molecule has 3 aromatic rings. The Morgan fingerprint density at radius 3 is 1.59 bits per heavy atom. The maximum atomic E-state index is 10.6. The molecule has 3 aliphatic carbocycles. The Balaban J connectivity index is 1.96. The van der Waals surface area contributed by atoms with Crippen LogP contribution in [-0.2, 0) is 0 Å². The summed E-state index contributed by atoms with van der Waals surface area (Å²) in [6.07, 6.45) is 0. The number of phenolic OH excluding ortho intramolecular Hbond substituents is 1. The van der Waals surface area contributed by atoms with E-state index < -0.39 is 0 Å². The van der Waals surface area contributed by atoms with Gasteiger partial charge in [-0.3, -0.25) is 0 Å². The first kappa shape index (κ1) is 12.0. The highest BCUT2D eigenvalue weighted by atomic mass is 16.3. The van der Waals surface area contributed by atoms with Crippen molar-refractivity contribution in [3.8, 4) is 5.75 Å². The molecule has 6 rings (SSSR count). The minimum atomic E-state index is 0.160. The van der Waals surface area contributed by atoms with E-state index >= 15 is 0 Å². The zero-order valence-corrected chi connectivity index (χ0v) is 12.4. The molecule has 0 aliphatic heterocycles. The number of hydrogen-bond acceptors (Lipinski definition) is 1. The van der Waals surface area contributed by atoms with E-state index in [0.717, 1.165) is 5.56 Å². The lowest BCUT2D eigenvalue weighted by atomic mass is 9.60. The van der Waals surface area contributed by atoms with Crippen molar-refractivity contribution in [3.05, 3.63) is 99.6 Å². The number of hydrogen-bond donors (Lipinski definition) is 1. The largest absolute Gasteiger partial charge is 0.508 e. The Kier molecular flexibility index (Phi) is 2.20. The lowest BCUT2D eigenvalue weighted by Gasteiger charge is -2.43. The van der Waals surface area contributed by atoms with E-state index in [4.69, 9.17) is 0 Å². The van der Waals surface area contributed by atoms with Crippen LogP contribution < -0.4 is 0 Å². The Labute approximate surface area is 129 Å². The molecule has 2 bridgehead atoms. The van der Waals surface area contributed by atoms with Gasteiger partial charge in [-0.15, -0.1) is 0 Å². The molecule has 0 saturated heterocycles. The summed E-state index contributed by atoms with van der Waals surface area (Å²) in [5.74, 6) is 0.839. The topological polar surface area (TPSA) is 20.2 Å². The summed E-state index contributed by atoms with van der Waals surface area (Å²) in [4.78, 5) is 0. The second kappa shape index (κ2) is 4.01. The number of benzene rings is 3. The number of aromatic hydroxyl groups is 1. The maximum absolute atomic E-state index is 10.6. The van der Waals surface area contributed by atoms with Crippen LogP contribution in [0.5, 0.6) is 5.75 Å². The van der Waals surface area contributed by atoms with Crippen LogP contribution in [0.3, 0.4) is 0 Å². The summed E-state index contributed by atoms with van der Waals surface area (Å²) in [5, 5.41) is 10.6. The Bertz CT molecular complexity index is 800. The highest BCUT2D eigenvalue weighted by Gasteiger charge is 2.42. The van der Waals surface area contributed by atoms with Gasteiger partial charge in [0.15, 0.2) is 0 Å². The molecule has 22 heavy (non-hydrogen) atoms. The fourth-order valence-electron chi connectivity index (χ4n) is 4.45. The molecule has 1 nitrogen and oxygen atoms in total. The van der Waals surface area contributed by atoms with Crippen LogP contribution >= 0.6 is 0 Å². The van der Waals surface area contributed by atoms with Gasteiger partial charge >= 0.3 is 0 Å². The lowest BCUT2D eigenvalue weighted by molar-refractivity contribution is 0.462. The van der Waals surface area contributed by atoms with Crippen molar-refractivity contribution in [1.29, 1.82) is 0 Å². The summed E-state index contributed by atoms with van der Waals surface area (Å²) in [7, 11) is 0. The fourth-order valence-corrected chi connectivity index (χ4v) is 4.45. The predicted molar refractivity (Wildman–Crippen MR) is 87.6 cm³/mol. The van der Waals surface area contributed by atoms with Gasteiger partial charge in [-0.2, -0.15) is 0 Å². The molecule has 0 atom stereocenters. The lowest BCUT2D eigenvalue weighted by Crippen LogP contribution is -2.28. The van der Waals surface area contributed by atoms with Gasteiger partial charge < -0.3 is 5.11 Å². The molecule has 1 heteroatoms. The first-order valence-corrected chi connectivity index (χ1v) is 7.77. The van der Waals surface area contributed by atoms with E-state index in [0.29, 0.717) is 5.75 Å². The molecule has 0 fully saturated rings. The molecular weight excluding hydrogens is 268 g/mol. The fraction of sp³-hybridized carbons (Fsp3) is 0.143. The maximum Gasteiger partial charge on any atom is 0.120 e. The van der Waals surface area contributed by atoms with Crippen molar-refractivity contribution in [3.63, 3.8) is 0 Å². The molecule has 3 aliphatic rings. The Morgan fingerprint density at radius 2 is 1.09 bits per heavy atom. The molecule has 0 amide bonds. The predicted octanol–water partition coefficient (Wildman–Crippen LogP) is 4.69. The first-order valence-electron chi connectivity index (χ1n) is 7.77. The average Bonchev–Trinajstić information content (AvgIpc) is 2.58. The van der Waals surface area contributed by atoms with Gasteiger partial charge in [0.25, 0.3) is 0 Å². The smallest absolute Gasteiger partial charge is 0.120 e. The molecule has 1 N–H and O–H groups in total. The third-order valence-corrected chi connectivity index (χ3v) is 5.30. The summed E-state index contributed by atoms with van der Waals surface area (Å²) >= 11 is 0. The third kappa shape index (κ3) is 1.29. The van der Waals surface area contributed by atoms with Crippen LogP contribution in [0, 0.1) is 6.92 Å². The van der Waals surface area contributed by atoms with Gasteiger partial charge in [-0.1, -0.05) is 54.6 Å². The van der Waals surface area contributed by atoms with Crippen molar-refractivity contribution in [2.75, 3.05) is 0 Å².